The van der Waals surface area contributed by atoms with Crippen LogP contribution in [0.3, 0.4) is 0 Å². The minimum Gasteiger partial charge on any atom is -0.462 e. The highest BCUT2D eigenvalue weighted by Gasteiger charge is 2.31. The van der Waals surface area contributed by atoms with E-state index in [-0.39, 0.29) is 5.97 Å². The molecule has 0 rings (SSSR count). The zero-order valence-electron chi connectivity index (χ0n) is 14.5. The van der Waals surface area contributed by atoms with E-state index in [1.807, 2.05) is 0 Å². The smallest absolute Gasteiger partial charge is 0.333 e. The van der Waals surface area contributed by atoms with Gasteiger partial charge in [-0.2, -0.15) is 0 Å². The maximum Gasteiger partial charge on any atom is 0.333 e. The average Bonchev–Trinajstić information content (AvgIpc) is 2.43. The van der Waals surface area contributed by atoms with E-state index in [9.17, 15) is 4.79 Å². The first-order chi connectivity index (χ1) is 10.0. The lowest BCUT2D eigenvalue weighted by Gasteiger charge is -2.31. The van der Waals surface area contributed by atoms with E-state index < -0.39 is 8.32 Å². The summed E-state index contributed by atoms with van der Waals surface area (Å²) in [4.78, 5) is 11.2. The number of rotatable bonds is 13. The number of carbonyl (C=O) groups excluding carboxylic acids is 1. The highest BCUT2D eigenvalue weighted by molar-refractivity contribution is 6.73. The van der Waals surface area contributed by atoms with Crippen molar-refractivity contribution in [3.05, 3.63) is 12.2 Å². The van der Waals surface area contributed by atoms with Crippen LogP contribution in [0.5, 0.6) is 0 Å². The quantitative estimate of drug-likeness (QED) is 0.206. The van der Waals surface area contributed by atoms with E-state index in [2.05, 4.69) is 27.4 Å². The van der Waals surface area contributed by atoms with Gasteiger partial charge in [0.1, 0.15) is 0 Å². The van der Waals surface area contributed by atoms with E-state index in [1.165, 1.54) is 37.4 Å². The molecule has 0 aliphatic rings. The second-order valence-corrected chi connectivity index (χ2v) is 10.1. The Kier molecular flexibility index (Phi) is 11.6. The Balaban J connectivity index is 4.01. The fourth-order valence-electron chi connectivity index (χ4n) is 2.74. The third-order valence-corrected chi connectivity index (χ3v) is 8.70. The minimum atomic E-state index is -1.52. The van der Waals surface area contributed by atoms with E-state index in [0.717, 1.165) is 19.4 Å². The summed E-state index contributed by atoms with van der Waals surface area (Å²) in [5, 5.41) is 0. The molecule has 0 radical (unpaired) electrons. The summed E-state index contributed by atoms with van der Waals surface area (Å²) in [6, 6.07) is 3.83. The summed E-state index contributed by atoms with van der Waals surface area (Å²) in [5.41, 5.74) is 0.464. The second-order valence-electron chi connectivity index (χ2n) is 5.90. The molecule has 3 nitrogen and oxygen atoms in total. The van der Waals surface area contributed by atoms with Crippen molar-refractivity contribution in [2.75, 3.05) is 13.2 Å². The molecule has 0 aromatic rings. The fourth-order valence-corrected chi connectivity index (χ4v) is 7.23. The third kappa shape index (κ3) is 9.09. The summed E-state index contributed by atoms with van der Waals surface area (Å²) < 4.78 is 11.5. The molecule has 0 spiro atoms. The molecule has 0 aromatic heterocycles. The average molecular weight is 315 g/mol. The van der Waals surface area contributed by atoms with Crippen LogP contribution in [0, 0.1) is 0 Å². The summed E-state index contributed by atoms with van der Waals surface area (Å²) in [6.07, 6.45) is 5.51. The van der Waals surface area contributed by atoms with Crippen LogP contribution in [0.15, 0.2) is 12.2 Å². The molecule has 0 amide bonds. The first-order valence-electron chi connectivity index (χ1n) is 8.48. The maximum atomic E-state index is 11.2. The van der Waals surface area contributed by atoms with Gasteiger partial charge >= 0.3 is 5.97 Å². The van der Waals surface area contributed by atoms with Crippen molar-refractivity contribution in [3.63, 3.8) is 0 Å². The van der Waals surface area contributed by atoms with Gasteiger partial charge in [0.15, 0.2) is 8.32 Å². The van der Waals surface area contributed by atoms with Crippen LogP contribution in [0.25, 0.3) is 0 Å². The van der Waals surface area contributed by atoms with Crippen LogP contribution in [0.1, 0.15) is 59.8 Å². The van der Waals surface area contributed by atoms with Crippen LogP contribution >= 0.6 is 0 Å². The van der Waals surface area contributed by atoms with Gasteiger partial charge in [-0.3, -0.25) is 0 Å². The number of ether oxygens (including phenoxy) is 1. The molecule has 0 saturated heterocycles. The Morgan fingerprint density at radius 3 is 1.86 bits per heavy atom. The monoisotopic (exact) mass is 314 g/mol. The molecule has 0 aromatic carbocycles. The van der Waals surface area contributed by atoms with Crippen LogP contribution in [0.4, 0.5) is 0 Å². The van der Waals surface area contributed by atoms with Crippen molar-refractivity contribution in [1.82, 2.24) is 0 Å². The van der Waals surface area contributed by atoms with Crippen molar-refractivity contribution >= 4 is 14.3 Å². The second kappa shape index (κ2) is 12.0. The molecule has 4 heteroatoms. The number of esters is 1. The number of unbranched alkanes of at least 4 members (excludes halogenated alkanes) is 1. The van der Waals surface area contributed by atoms with E-state index >= 15 is 0 Å². The summed E-state index contributed by atoms with van der Waals surface area (Å²) in [5.74, 6) is -0.289. The van der Waals surface area contributed by atoms with Crippen molar-refractivity contribution in [3.8, 4) is 0 Å². The van der Waals surface area contributed by atoms with Gasteiger partial charge in [0.25, 0.3) is 0 Å². The van der Waals surface area contributed by atoms with Gasteiger partial charge in [0.05, 0.1) is 6.61 Å². The molecule has 0 N–H and O–H groups in total. The van der Waals surface area contributed by atoms with E-state index in [0.29, 0.717) is 12.2 Å². The lowest BCUT2D eigenvalue weighted by atomic mass is 10.3. The Labute approximate surface area is 132 Å². The predicted molar refractivity (Wildman–Crippen MR) is 92.0 cm³/mol. The first kappa shape index (κ1) is 20.4. The Morgan fingerprint density at radius 2 is 1.43 bits per heavy atom. The molecule has 0 fully saturated rings. The molecule has 0 saturated carbocycles. The van der Waals surface area contributed by atoms with Gasteiger partial charge in [0.2, 0.25) is 0 Å². The molecule has 0 aliphatic heterocycles. The van der Waals surface area contributed by atoms with Crippen LogP contribution in [-0.4, -0.2) is 27.5 Å². The Morgan fingerprint density at radius 1 is 0.952 bits per heavy atom. The summed E-state index contributed by atoms with van der Waals surface area (Å²) >= 11 is 0. The maximum absolute atomic E-state index is 11.2. The normalized spacial score (nSPS) is 11.4. The molecule has 0 unspecified atom stereocenters. The summed E-state index contributed by atoms with van der Waals surface area (Å²) in [6.45, 7) is 13.3. The largest absolute Gasteiger partial charge is 0.462 e. The number of hydrogen-bond donors (Lipinski definition) is 0. The lowest BCUT2D eigenvalue weighted by Crippen LogP contribution is -2.38. The van der Waals surface area contributed by atoms with Gasteiger partial charge in [-0.05, 0) is 37.9 Å². The van der Waals surface area contributed by atoms with Crippen molar-refractivity contribution < 1.29 is 14.0 Å². The van der Waals surface area contributed by atoms with Gasteiger partial charge in [0, 0.05) is 12.2 Å². The van der Waals surface area contributed by atoms with Crippen molar-refractivity contribution in [2.45, 2.75) is 77.9 Å². The first-order valence-corrected chi connectivity index (χ1v) is 11.0. The Hall–Kier alpha value is -0.613. The molecule has 0 aliphatic carbocycles. The SMILES string of the molecule is C=C(C)C(=O)OCCCCO[Si](CCC)(CCC)CCC. The standard InChI is InChI=1S/C17H34O3Si/c1-6-13-21(14-7-2,15-8-3)20-12-10-9-11-19-17(18)16(4)5/h4,6-15H2,1-3,5H3. The van der Waals surface area contributed by atoms with Gasteiger partial charge < -0.3 is 9.16 Å². The number of carbonyl (C=O) groups is 1. The van der Waals surface area contributed by atoms with E-state index in [1.54, 1.807) is 6.92 Å². The third-order valence-electron chi connectivity index (χ3n) is 3.65. The van der Waals surface area contributed by atoms with Gasteiger partial charge in [-0.15, -0.1) is 0 Å². The molecule has 0 heterocycles. The lowest BCUT2D eigenvalue weighted by molar-refractivity contribution is -0.139. The highest BCUT2D eigenvalue weighted by atomic mass is 28.4. The highest BCUT2D eigenvalue weighted by Crippen LogP contribution is 2.27. The van der Waals surface area contributed by atoms with Crippen LogP contribution < -0.4 is 0 Å². The van der Waals surface area contributed by atoms with Crippen molar-refractivity contribution in [1.29, 1.82) is 0 Å². The zero-order chi connectivity index (χ0) is 16.1. The number of hydrogen-bond acceptors (Lipinski definition) is 3. The Bertz CT molecular complexity index is 285. The summed E-state index contributed by atoms with van der Waals surface area (Å²) in [7, 11) is -1.52. The van der Waals surface area contributed by atoms with Crippen LogP contribution in [-0.2, 0) is 14.0 Å². The van der Waals surface area contributed by atoms with Crippen molar-refractivity contribution in [2.24, 2.45) is 0 Å². The zero-order valence-corrected chi connectivity index (χ0v) is 15.5. The predicted octanol–water partition coefficient (Wildman–Crippen LogP) is 5.08. The van der Waals surface area contributed by atoms with E-state index in [4.69, 9.17) is 9.16 Å². The minimum absolute atomic E-state index is 0.289. The van der Waals surface area contributed by atoms with Crippen LogP contribution in [0.2, 0.25) is 18.1 Å². The molecule has 124 valence electrons. The molecule has 21 heavy (non-hydrogen) atoms. The fraction of sp³-hybridized carbons (Fsp3) is 0.824. The topological polar surface area (TPSA) is 35.5 Å². The molecule has 0 bridgehead atoms. The molecule has 0 atom stereocenters. The molecular formula is C17H34O3Si. The van der Waals surface area contributed by atoms with Gasteiger partial charge in [-0.1, -0.05) is 46.6 Å². The van der Waals surface area contributed by atoms with Gasteiger partial charge in [-0.25, -0.2) is 4.79 Å². The molecular weight excluding hydrogens is 280 g/mol.